The van der Waals surface area contributed by atoms with E-state index in [0.717, 1.165) is 11.6 Å². The van der Waals surface area contributed by atoms with Gasteiger partial charge < -0.3 is 10.3 Å². The van der Waals surface area contributed by atoms with Crippen LogP contribution in [0.1, 0.15) is 33.0 Å². The van der Waals surface area contributed by atoms with Gasteiger partial charge in [-0.1, -0.05) is 20.8 Å². The first-order chi connectivity index (χ1) is 8.38. The van der Waals surface area contributed by atoms with E-state index in [0.29, 0.717) is 18.8 Å². The summed E-state index contributed by atoms with van der Waals surface area (Å²) in [4.78, 5) is 10.8. The molecule has 0 aliphatic heterocycles. The van der Waals surface area contributed by atoms with Gasteiger partial charge in [-0.05, 0) is 0 Å². The summed E-state index contributed by atoms with van der Waals surface area (Å²) >= 11 is 0. The second-order valence-electron chi connectivity index (χ2n) is 5.16. The average Bonchev–Trinajstić information content (AvgIpc) is 2.34. The fourth-order valence-corrected chi connectivity index (χ4v) is 1.37. The summed E-state index contributed by atoms with van der Waals surface area (Å²) in [6, 6.07) is 3.89. The van der Waals surface area contributed by atoms with E-state index in [1.807, 2.05) is 32.7 Å². The molecular formula is C12H20N6. The van der Waals surface area contributed by atoms with Crippen LogP contribution in [-0.2, 0) is 5.41 Å². The molecule has 0 spiro atoms. The third-order valence-corrected chi connectivity index (χ3v) is 2.48. The SMILES string of the molecule is CN(CCC#N)c1cc(NN)nc(C(C)(C)C)n1. The summed E-state index contributed by atoms with van der Waals surface area (Å²) in [5, 5.41) is 8.60. The number of nitrogens with one attached hydrogen (secondary N) is 1. The van der Waals surface area contributed by atoms with Gasteiger partial charge in [0.2, 0.25) is 0 Å². The number of nitrogens with zero attached hydrogens (tertiary/aromatic N) is 4. The Morgan fingerprint density at radius 3 is 2.61 bits per heavy atom. The van der Waals surface area contributed by atoms with Crippen LogP contribution in [-0.4, -0.2) is 23.6 Å². The summed E-state index contributed by atoms with van der Waals surface area (Å²) in [6.07, 6.45) is 0.455. The van der Waals surface area contributed by atoms with Gasteiger partial charge in [0.25, 0.3) is 0 Å². The lowest BCUT2D eigenvalue weighted by Gasteiger charge is -2.22. The van der Waals surface area contributed by atoms with Gasteiger partial charge in [0.15, 0.2) is 0 Å². The Labute approximate surface area is 108 Å². The highest BCUT2D eigenvalue weighted by Crippen LogP contribution is 2.23. The van der Waals surface area contributed by atoms with Crippen molar-refractivity contribution < 1.29 is 0 Å². The number of rotatable bonds is 4. The molecular weight excluding hydrogens is 228 g/mol. The highest BCUT2D eigenvalue weighted by molar-refractivity contribution is 5.49. The zero-order valence-corrected chi connectivity index (χ0v) is 11.4. The van der Waals surface area contributed by atoms with E-state index in [2.05, 4.69) is 21.5 Å². The molecule has 0 aliphatic rings. The minimum Gasteiger partial charge on any atom is -0.358 e. The Balaban J connectivity index is 3.09. The fourth-order valence-electron chi connectivity index (χ4n) is 1.37. The molecule has 1 rings (SSSR count). The van der Waals surface area contributed by atoms with Crippen molar-refractivity contribution in [3.63, 3.8) is 0 Å². The first kappa shape index (κ1) is 14.2. The average molecular weight is 248 g/mol. The molecule has 6 heteroatoms. The molecule has 18 heavy (non-hydrogen) atoms. The minimum atomic E-state index is -0.155. The van der Waals surface area contributed by atoms with Gasteiger partial charge >= 0.3 is 0 Å². The second-order valence-corrected chi connectivity index (χ2v) is 5.16. The molecule has 0 radical (unpaired) electrons. The van der Waals surface area contributed by atoms with Crippen LogP contribution in [0.2, 0.25) is 0 Å². The van der Waals surface area contributed by atoms with Crippen LogP contribution < -0.4 is 16.2 Å². The smallest absolute Gasteiger partial charge is 0.145 e. The van der Waals surface area contributed by atoms with E-state index in [1.165, 1.54) is 0 Å². The van der Waals surface area contributed by atoms with Crippen molar-refractivity contribution in [1.82, 2.24) is 9.97 Å². The first-order valence-corrected chi connectivity index (χ1v) is 5.82. The van der Waals surface area contributed by atoms with Crippen LogP contribution in [0.3, 0.4) is 0 Å². The number of hydrogen-bond donors (Lipinski definition) is 2. The third kappa shape index (κ3) is 3.57. The van der Waals surface area contributed by atoms with Crippen molar-refractivity contribution in [1.29, 1.82) is 5.26 Å². The standard InChI is InChI=1S/C12H20N6/c1-12(2,3)11-15-9(17-14)8-10(16-11)18(4)7-5-6-13/h8H,5,7,14H2,1-4H3,(H,15,16,17). The van der Waals surface area contributed by atoms with Crippen molar-refractivity contribution in [2.45, 2.75) is 32.6 Å². The molecule has 0 amide bonds. The van der Waals surface area contributed by atoms with E-state index >= 15 is 0 Å². The van der Waals surface area contributed by atoms with Crippen molar-refractivity contribution in [2.24, 2.45) is 5.84 Å². The van der Waals surface area contributed by atoms with Gasteiger partial charge in [0, 0.05) is 25.1 Å². The molecule has 1 aromatic heterocycles. The summed E-state index contributed by atoms with van der Waals surface area (Å²) in [5.74, 6) is 7.48. The van der Waals surface area contributed by atoms with E-state index < -0.39 is 0 Å². The molecule has 1 heterocycles. The summed E-state index contributed by atoms with van der Waals surface area (Å²) in [5.41, 5.74) is 2.39. The van der Waals surface area contributed by atoms with E-state index in [4.69, 9.17) is 11.1 Å². The van der Waals surface area contributed by atoms with Crippen molar-refractivity contribution in [3.8, 4) is 6.07 Å². The molecule has 0 aliphatic carbocycles. The van der Waals surface area contributed by atoms with Crippen LogP contribution in [0.15, 0.2) is 6.07 Å². The van der Waals surface area contributed by atoms with Crippen molar-refractivity contribution >= 4 is 11.6 Å². The predicted octanol–water partition coefficient (Wildman–Crippen LogP) is 1.41. The molecule has 0 atom stereocenters. The Kier molecular flexibility index (Phi) is 4.45. The van der Waals surface area contributed by atoms with Gasteiger partial charge in [-0.3, -0.25) is 0 Å². The predicted molar refractivity (Wildman–Crippen MR) is 72.0 cm³/mol. The molecule has 0 saturated heterocycles. The van der Waals surface area contributed by atoms with Crippen LogP contribution >= 0.6 is 0 Å². The number of hydrogen-bond acceptors (Lipinski definition) is 6. The minimum absolute atomic E-state index is 0.155. The number of nitriles is 1. The van der Waals surface area contributed by atoms with Gasteiger partial charge in [0.1, 0.15) is 17.5 Å². The van der Waals surface area contributed by atoms with Crippen LogP contribution in [0.25, 0.3) is 0 Å². The third-order valence-electron chi connectivity index (χ3n) is 2.48. The molecule has 0 bridgehead atoms. The topological polar surface area (TPSA) is 90.9 Å². The maximum absolute atomic E-state index is 8.60. The number of nitrogens with two attached hydrogens (primary N) is 1. The van der Waals surface area contributed by atoms with Crippen LogP contribution in [0.5, 0.6) is 0 Å². The van der Waals surface area contributed by atoms with Gasteiger partial charge in [-0.25, -0.2) is 15.8 Å². The normalized spacial score (nSPS) is 10.9. The molecule has 0 saturated carbocycles. The van der Waals surface area contributed by atoms with Crippen LogP contribution in [0, 0.1) is 11.3 Å². The number of aromatic nitrogens is 2. The number of hydrazine groups is 1. The lowest BCUT2D eigenvalue weighted by Crippen LogP contribution is -2.24. The Morgan fingerprint density at radius 1 is 1.44 bits per heavy atom. The van der Waals surface area contributed by atoms with Crippen molar-refractivity contribution in [2.75, 3.05) is 23.9 Å². The second kappa shape index (κ2) is 5.65. The molecule has 0 unspecified atom stereocenters. The van der Waals surface area contributed by atoms with E-state index in [9.17, 15) is 0 Å². The zero-order valence-electron chi connectivity index (χ0n) is 11.4. The van der Waals surface area contributed by atoms with Gasteiger partial charge in [-0.2, -0.15) is 5.26 Å². The summed E-state index contributed by atoms with van der Waals surface area (Å²) in [7, 11) is 1.90. The highest BCUT2D eigenvalue weighted by Gasteiger charge is 2.19. The highest BCUT2D eigenvalue weighted by atomic mass is 15.3. The van der Waals surface area contributed by atoms with Gasteiger partial charge in [-0.15, -0.1) is 0 Å². The molecule has 6 nitrogen and oxygen atoms in total. The lowest BCUT2D eigenvalue weighted by atomic mass is 9.96. The Hall–Kier alpha value is -1.87. The molecule has 3 N–H and O–H groups in total. The van der Waals surface area contributed by atoms with Crippen LogP contribution in [0.4, 0.5) is 11.6 Å². The molecule has 0 aromatic carbocycles. The number of anilines is 2. The Morgan fingerprint density at radius 2 is 2.11 bits per heavy atom. The monoisotopic (exact) mass is 248 g/mol. The Bertz CT molecular complexity index is 443. The largest absolute Gasteiger partial charge is 0.358 e. The quantitative estimate of drug-likeness (QED) is 0.618. The first-order valence-electron chi connectivity index (χ1n) is 5.82. The van der Waals surface area contributed by atoms with Crippen molar-refractivity contribution in [3.05, 3.63) is 11.9 Å². The lowest BCUT2D eigenvalue weighted by molar-refractivity contribution is 0.545. The van der Waals surface area contributed by atoms with E-state index in [1.54, 1.807) is 6.07 Å². The van der Waals surface area contributed by atoms with E-state index in [-0.39, 0.29) is 5.41 Å². The molecule has 1 aromatic rings. The maximum atomic E-state index is 8.60. The maximum Gasteiger partial charge on any atom is 0.145 e. The molecule has 0 fully saturated rings. The zero-order chi connectivity index (χ0) is 13.8. The summed E-state index contributed by atoms with van der Waals surface area (Å²) in [6.45, 7) is 6.76. The molecule has 98 valence electrons. The number of nitrogen functional groups attached to an aromatic ring is 1. The fraction of sp³-hybridized carbons (Fsp3) is 0.583. The van der Waals surface area contributed by atoms with Gasteiger partial charge in [0.05, 0.1) is 12.5 Å². The summed E-state index contributed by atoms with van der Waals surface area (Å²) < 4.78 is 0.